The standard InChI is InChI=1S/C21H36FN5S.HI/c1-16(2)20(27-10-8-26(4)9-11-27)14-25-21(23-3)24-13-17-6-7-19(22)12-18(17)15-28-5;/h6-7,12,16,20H,8-11,13-15H2,1-5H3,(H2,23,24,25);1H. The van der Waals surface area contributed by atoms with Crippen molar-refractivity contribution in [3.63, 3.8) is 0 Å². The second-order valence-electron chi connectivity index (χ2n) is 7.80. The largest absolute Gasteiger partial charge is 0.355 e. The zero-order chi connectivity index (χ0) is 20.5. The first kappa shape index (κ1) is 26.5. The predicted molar refractivity (Wildman–Crippen MR) is 135 cm³/mol. The highest BCUT2D eigenvalue weighted by Gasteiger charge is 2.25. The van der Waals surface area contributed by atoms with Crippen LogP contribution in [0.3, 0.4) is 0 Å². The van der Waals surface area contributed by atoms with Crippen LogP contribution in [0.25, 0.3) is 0 Å². The van der Waals surface area contributed by atoms with Crippen LogP contribution in [0.2, 0.25) is 0 Å². The van der Waals surface area contributed by atoms with E-state index in [4.69, 9.17) is 0 Å². The molecule has 0 aromatic heterocycles. The van der Waals surface area contributed by atoms with Crippen molar-refractivity contribution >= 4 is 41.7 Å². The number of nitrogens with zero attached hydrogens (tertiary/aromatic N) is 3. The number of hydrogen-bond acceptors (Lipinski definition) is 4. The van der Waals surface area contributed by atoms with Crippen LogP contribution in [0.4, 0.5) is 4.39 Å². The average molecular weight is 538 g/mol. The summed E-state index contributed by atoms with van der Waals surface area (Å²) in [5, 5.41) is 6.89. The van der Waals surface area contributed by atoms with Crippen LogP contribution in [0.1, 0.15) is 25.0 Å². The smallest absolute Gasteiger partial charge is 0.191 e. The van der Waals surface area contributed by atoms with Gasteiger partial charge in [-0.3, -0.25) is 9.89 Å². The first-order valence-electron chi connectivity index (χ1n) is 10.1. The van der Waals surface area contributed by atoms with Gasteiger partial charge in [-0.15, -0.1) is 24.0 Å². The number of halogens is 2. The van der Waals surface area contributed by atoms with Gasteiger partial charge in [-0.05, 0) is 42.5 Å². The molecule has 8 heteroatoms. The Kier molecular flexibility index (Phi) is 12.5. The van der Waals surface area contributed by atoms with Crippen LogP contribution in [0.15, 0.2) is 23.2 Å². The number of hydrogen-bond donors (Lipinski definition) is 2. The SMILES string of the molecule is CN=C(NCc1ccc(F)cc1CSC)NCC(C(C)C)N1CCN(C)CC1.I. The molecule has 1 aromatic carbocycles. The lowest BCUT2D eigenvalue weighted by Crippen LogP contribution is -2.55. The number of nitrogens with one attached hydrogen (secondary N) is 2. The maximum atomic E-state index is 13.5. The molecule has 1 aliphatic rings. The van der Waals surface area contributed by atoms with E-state index in [1.165, 1.54) is 6.07 Å². The second-order valence-corrected chi connectivity index (χ2v) is 8.67. The summed E-state index contributed by atoms with van der Waals surface area (Å²) in [6.45, 7) is 10.5. The van der Waals surface area contributed by atoms with Gasteiger partial charge in [0.1, 0.15) is 5.82 Å². The lowest BCUT2D eigenvalue weighted by molar-refractivity contribution is 0.0900. The molecule has 1 aliphatic heterocycles. The second kappa shape index (κ2) is 13.7. The van der Waals surface area contributed by atoms with Crippen molar-refractivity contribution in [1.82, 2.24) is 20.4 Å². The normalized spacial score (nSPS) is 17.1. The number of benzene rings is 1. The fourth-order valence-corrected chi connectivity index (χ4v) is 4.18. The Bertz CT molecular complexity index is 635. The fraction of sp³-hybridized carbons (Fsp3) is 0.667. The maximum Gasteiger partial charge on any atom is 0.191 e. The average Bonchev–Trinajstić information content (AvgIpc) is 2.67. The van der Waals surface area contributed by atoms with Crippen LogP contribution < -0.4 is 10.6 Å². The molecular weight excluding hydrogens is 500 g/mol. The molecule has 1 heterocycles. The van der Waals surface area contributed by atoms with Crippen LogP contribution in [0.5, 0.6) is 0 Å². The Morgan fingerprint density at radius 2 is 1.86 bits per heavy atom. The number of rotatable bonds is 8. The minimum Gasteiger partial charge on any atom is -0.355 e. The molecule has 2 rings (SSSR count). The van der Waals surface area contributed by atoms with Crippen molar-refractivity contribution in [1.29, 1.82) is 0 Å². The van der Waals surface area contributed by atoms with Gasteiger partial charge in [0, 0.05) is 58.1 Å². The van der Waals surface area contributed by atoms with Gasteiger partial charge in [-0.2, -0.15) is 11.8 Å². The molecule has 1 atom stereocenters. The monoisotopic (exact) mass is 537 g/mol. The molecule has 1 saturated heterocycles. The minimum absolute atomic E-state index is 0. The number of likely N-dealkylation sites (N-methyl/N-ethyl adjacent to an activating group) is 1. The Labute approximate surface area is 197 Å². The molecule has 0 spiro atoms. The number of thioether (sulfide) groups is 1. The van der Waals surface area contributed by atoms with Gasteiger partial charge in [0.2, 0.25) is 0 Å². The van der Waals surface area contributed by atoms with Crippen LogP contribution in [-0.4, -0.2) is 74.9 Å². The van der Waals surface area contributed by atoms with Gasteiger partial charge in [0.15, 0.2) is 5.96 Å². The Morgan fingerprint density at radius 3 is 2.45 bits per heavy atom. The highest BCUT2D eigenvalue weighted by atomic mass is 127. The molecule has 5 nitrogen and oxygen atoms in total. The molecule has 0 bridgehead atoms. The van der Waals surface area contributed by atoms with Crippen molar-refractivity contribution in [3.8, 4) is 0 Å². The maximum absolute atomic E-state index is 13.5. The van der Waals surface area contributed by atoms with E-state index in [1.807, 2.05) is 12.3 Å². The van der Waals surface area contributed by atoms with Gasteiger partial charge >= 0.3 is 0 Å². The molecule has 166 valence electrons. The van der Waals surface area contributed by atoms with Crippen LogP contribution in [-0.2, 0) is 12.3 Å². The molecule has 1 aromatic rings. The summed E-state index contributed by atoms with van der Waals surface area (Å²) < 4.78 is 13.5. The van der Waals surface area contributed by atoms with E-state index >= 15 is 0 Å². The van der Waals surface area contributed by atoms with Crippen molar-refractivity contribution in [2.24, 2.45) is 10.9 Å². The zero-order valence-corrected chi connectivity index (χ0v) is 21.5. The van der Waals surface area contributed by atoms with Crippen LogP contribution >= 0.6 is 35.7 Å². The third-order valence-corrected chi connectivity index (χ3v) is 5.99. The topological polar surface area (TPSA) is 42.9 Å². The highest BCUT2D eigenvalue weighted by molar-refractivity contribution is 14.0. The molecule has 2 N–H and O–H groups in total. The van der Waals surface area contributed by atoms with Crippen molar-refractivity contribution in [3.05, 3.63) is 35.1 Å². The number of aliphatic imine (C=N–C) groups is 1. The Hall–Kier alpha value is -0.580. The predicted octanol–water partition coefficient (Wildman–Crippen LogP) is 3.24. The number of guanidine groups is 1. The van der Waals surface area contributed by atoms with E-state index in [9.17, 15) is 4.39 Å². The Balaban J connectivity index is 0.00000420. The summed E-state index contributed by atoms with van der Waals surface area (Å²) in [7, 11) is 3.98. The van der Waals surface area contributed by atoms with Gasteiger partial charge in [-0.1, -0.05) is 19.9 Å². The highest BCUT2D eigenvalue weighted by Crippen LogP contribution is 2.17. The third-order valence-electron chi connectivity index (χ3n) is 5.39. The summed E-state index contributed by atoms with van der Waals surface area (Å²) in [5.74, 6) is 1.99. The molecule has 0 radical (unpaired) electrons. The first-order chi connectivity index (χ1) is 13.4. The molecule has 1 fully saturated rings. The van der Waals surface area contributed by atoms with Gasteiger partial charge < -0.3 is 15.5 Å². The van der Waals surface area contributed by atoms with E-state index in [-0.39, 0.29) is 29.8 Å². The van der Waals surface area contributed by atoms with E-state index in [0.29, 0.717) is 18.5 Å². The molecule has 0 saturated carbocycles. The Morgan fingerprint density at radius 1 is 1.17 bits per heavy atom. The lowest BCUT2D eigenvalue weighted by atomic mass is 10.0. The van der Waals surface area contributed by atoms with E-state index < -0.39 is 0 Å². The first-order valence-corrected chi connectivity index (χ1v) is 11.5. The van der Waals surface area contributed by atoms with Gasteiger partial charge in [-0.25, -0.2) is 4.39 Å². The molecule has 0 amide bonds. The zero-order valence-electron chi connectivity index (χ0n) is 18.4. The van der Waals surface area contributed by atoms with Crippen molar-refractivity contribution in [2.75, 3.05) is 53.1 Å². The van der Waals surface area contributed by atoms with E-state index in [1.54, 1.807) is 24.9 Å². The summed E-state index contributed by atoms with van der Waals surface area (Å²) in [4.78, 5) is 9.34. The van der Waals surface area contributed by atoms with Crippen molar-refractivity contribution < 1.29 is 4.39 Å². The minimum atomic E-state index is -0.178. The number of piperazine rings is 1. The molecule has 29 heavy (non-hydrogen) atoms. The van der Waals surface area contributed by atoms with Gasteiger partial charge in [0.25, 0.3) is 0 Å². The van der Waals surface area contributed by atoms with Crippen LogP contribution in [0, 0.1) is 11.7 Å². The third kappa shape index (κ3) is 8.59. The lowest BCUT2D eigenvalue weighted by Gasteiger charge is -2.40. The molecule has 0 aliphatic carbocycles. The van der Waals surface area contributed by atoms with Crippen molar-refractivity contribution in [2.45, 2.75) is 32.2 Å². The summed E-state index contributed by atoms with van der Waals surface area (Å²) in [5.41, 5.74) is 2.14. The van der Waals surface area contributed by atoms with E-state index in [2.05, 4.69) is 46.3 Å². The molecular formula is C21H37FIN5S. The molecule has 1 unspecified atom stereocenters. The summed E-state index contributed by atoms with van der Waals surface area (Å²) >= 11 is 1.70. The fourth-order valence-electron chi connectivity index (χ4n) is 3.60. The summed E-state index contributed by atoms with van der Waals surface area (Å²) in [6.07, 6.45) is 2.03. The van der Waals surface area contributed by atoms with E-state index in [0.717, 1.165) is 55.6 Å². The van der Waals surface area contributed by atoms with Gasteiger partial charge in [0.05, 0.1) is 0 Å². The quantitative estimate of drug-likeness (QED) is 0.303. The summed E-state index contributed by atoms with van der Waals surface area (Å²) in [6, 6.07) is 5.50.